The Hall–Kier alpha value is -1.38. The highest BCUT2D eigenvalue weighted by atomic mass is 16.3. The maximum absolute atomic E-state index is 8.85. The fraction of sp³-hybridized carbons (Fsp3) is 0. The largest absolute Gasteiger partial charge is 0.493 e. The molecule has 0 radical (unpaired) electrons. The van der Waals surface area contributed by atoms with Crippen LogP contribution in [0.15, 0.2) is 18.3 Å². The second-order valence-electron chi connectivity index (χ2n) is 1.56. The molecule has 1 rings (SSSR count). The summed E-state index contributed by atoms with van der Waals surface area (Å²) in [7, 11) is 0. The van der Waals surface area contributed by atoms with E-state index in [-0.39, 0.29) is 5.88 Å². The Morgan fingerprint density at radius 3 is 2.89 bits per heavy atom. The fourth-order valence-electron chi connectivity index (χ4n) is 0.522. The van der Waals surface area contributed by atoms with Crippen LogP contribution < -0.4 is 0 Å². The summed E-state index contributed by atoms with van der Waals surface area (Å²) in [5.74, 6) is -0.0903. The maximum atomic E-state index is 8.85. The molecular formula is C6H6N2O. The molecule has 0 aliphatic carbocycles. The van der Waals surface area contributed by atoms with Gasteiger partial charge in [0.1, 0.15) is 0 Å². The Balaban J connectivity index is 3.15. The number of pyridine rings is 1. The highest BCUT2D eigenvalue weighted by Gasteiger charge is 1.92. The molecule has 0 bridgehead atoms. The van der Waals surface area contributed by atoms with Gasteiger partial charge in [0, 0.05) is 12.4 Å². The van der Waals surface area contributed by atoms with E-state index >= 15 is 0 Å². The minimum Gasteiger partial charge on any atom is -0.493 e. The summed E-state index contributed by atoms with van der Waals surface area (Å²) in [6.45, 7) is 0. The van der Waals surface area contributed by atoms with Crippen molar-refractivity contribution in [3.05, 3.63) is 23.9 Å². The van der Waals surface area contributed by atoms with Crippen molar-refractivity contribution in [3.63, 3.8) is 0 Å². The molecule has 0 aromatic carbocycles. The summed E-state index contributed by atoms with van der Waals surface area (Å²) in [4.78, 5) is 3.55. The third-order valence-corrected chi connectivity index (χ3v) is 0.972. The molecule has 1 aromatic heterocycles. The van der Waals surface area contributed by atoms with Crippen LogP contribution in [0.1, 0.15) is 5.56 Å². The summed E-state index contributed by atoms with van der Waals surface area (Å²) in [6.07, 6.45) is 2.53. The first-order chi connectivity index (χ1) is 4.34. The number of aromatic hydroxyl groups is 1. The average Bonchev–Trinajstić information content (AvgIpc) is 1.89. The van der Waals surface area contributed by atoms with Gasteiger partial charge in [0.25, 0.3) is 0 Å². The van der Waals surface area contributed by atoms with Gasteiger partial charge in [-0.15, -0.1) is 0 Å². The van der Waals surface area contributed by atoms with Crippen LogP contribution in [-0.2, 0) is 0 Å². The molecule has 46 valence electrons. The molecule has 9 heavy (non-hydrogen) atoms. The lowest BCUT2D eigenvalue weighted by molar-refractivity contribution is 0.452. The van der Waals surface area contributed by atoms with E-state index in [1.165, 1.54) is 6.20 Å². The summed E-state index contributed by atoms with van der Waals surface area (Å²) in [5.41, 5.74) is 0.442. The molecule has 1 heterocycles. The van der Waals surface area contributed by atoms with E-state index in [1.54, 1.807) is 12.1 Å². The minimum atomic E-state index is -0.0903. The molecule has 0 aliphatic rings. The quantitative estimate of drug-likeness (QED) is 0.541. The second-order valence-corrected chi connectivity index (χ2v) is 1.56. The molecule has 3 nitrogen and oxygen atoms in total. The van der Waals surface area contributed by atoms with E-state index in [0.29, 0.717) is 5.56 Å². The molecule has 0 atom stereocenters. The Morgan fingerprint density at radius 2 is 2.44 bits per heavy atom. The Kier molecular flexibility index (Phi) is 1.44. The second kappa shape index (κ2) is 2.26. The molecule has 3 heteroatoms. The van der Waals surface area contributed by atoms with Crippen LogP contribution in [0, 0.1) is 5.41 Å². The van der Waals surface area contributed by atoms with Crippen LogP contribution in [0.2, 0.25) is 0 Å². The summed E-state index contributed by atoms with van der Waals surface area (Å²) < 4.78 is 0. The number of rotatable bonds is 1. The number of nitrogens with one attached hydrogen (secondary N) is 1. The summed E-state index contributed by atoms with van der Waals surface area (Å²) in [6, 6.07) is 3.29. The van der Waals surface area contributed by atoms with Gasteiger partial charge in [0.2, 0.25) is 5.88 Å². The molecular weight excluding hydrogens is 116 g/mol. The normalized spacial score (nSPS) is 8.89. The third-order valence-electron chi connectivity index (χ3n) is 0.972. The van der Waals surface area contributed by atoms with Crippen LogP contribution in [0.5, 0.6) is 5.88 Å². The van der Waals surface area contributed by atoms with Gasteiger partial charge >= 0.3 is 0 Å². The number of hydrogen-bond donors (Lipinski definition) is 2. The summed E-state index contributed by atoms with van der Waals surface area (Å²) in [5, 5.41) is 15.6. The fourth-order valence-corrected chi connectivity index (χ4v) is 0.522. The van der Waals surface area contributed by atoms with Gasteiger partial charge in [-0.25, -0.2) is 4.98 Å². The van der Waals surface area contributed by atoms with E-state index in [4.69, 9.17) is 10.5 Å². The minimum absolute atomic E-state index is 0.0903. The molecule has 1 aromatic rings. The van der Waals surface area contributed by atoms with E-state index in [2.05, 4.69) is 4.98 Å². The zero-order valence-corrected chi connectivity index (χ0v) is 4.70. The first-order valence-corrected chi connectivity index (χ1v) is 2.49. The molecule has 0 amide bonds. The van der Waals surface area contributed by atoms with E-state index in [9.17, 15) is 0 Å². The molecule has 0 spiro atoms. The standard InChI is InChI=1S/C6H6N2O/c7-4-5-2-1-3-8-6(5)9/h1-4,7H,(H,8,9). The van der Waals surface area contributed by atoms with Crippen molar-refractivity contribution in [2.45, 2.75) is 0 Å². The Labute approximate surface area is 52.5 Å². The Morgan fingerprint density at radius 1 is 1.67 bits per heavy atom. The first kappa shape index (κ1) is 5.75. The lowest BCUT2D eigenvalue weighted by Crippen LogP contribution is -1.81. The molecule has 0 aliphatic heterocycles. The monoisotopic (exact) mass is 122 g/mol. The van der Waals surface area contributed by atoms with Crippen LogP contribution >= 0.6 is 0 Å². The maximum Gasteiger partial charge on any atom is 0.219 e. The van der Waals surface area contributed by atoms with E-state index < -0.39 is 0 Å². The smallest absolute Gasteiger partial charge is 0.219 e. The van der Waals surface area contributed by atoms with Crippen molar-refractivity contribution in [2.24, 2.45) is 0 Å². The van der Waals surface area contributed by atoms with Crippen molar-refractivity contribution in [1.29, 1.82) is 5.41 Å². The third kappa shape index (κ3) is 1.05. The van der Waals surface area contributed by atoms with Crippen LogP contribution in [0.25, 0.3) is 0 Å². The highest BCUT2D eigenvalue weighted by Crippen LogP contribution is 2.07. The van der Waals surface area contributed by atoms with Crippen LogP contribution in [0.3, 0.4) is 0 Å². The van der Waals surface area contributed by atoms with Crippen molar-refractivity contribution in [2.75, 3.05) is 0 Å². The Bertz CT molecular complexity index is 222. The highest BCUT2D eigenvalue weighted by molar-refractivity contribution is 5.79. The zero-order valence-electron chi connectivity index (χ0n) is 4.70. The first-order valence-electron chi connectivity index (χ1n) is 2.49. The summed E-state index contributed by atoms with van der Waals surface area (Å²) >= 11 is 0. The van der Waals surface area contributed by atoms with Crippen LogP contribution in [0.4, 0.5) is 0 Å². The molecule has 0 fully saturated rings. The average molecular weight is 122 g/mol. The van der Waals surface area contributed by atoms with Gasteiger partial charge in [-0.05, 0) is 12.1 Å². The van der Waals surface area contributed by atoms with Crippen molar-refractivity contribution in [1.82, 2.24) is 4.98 Å². The lowest BCUT2D eigenvalue weighted by Gasteiger charge is -1.91. The van der Waals surface area contributed by atoms with Gasteiger partial charge < -0.3 is 10.5 Å². The topological polar surface area (TPSA) is 57.0 Å². The lowest BCUT2D eigenvalue weighted by atomic mass is 10.3. The number of hydrogen-bond acceptors (Lipinski definition) is 3. The SMILES string of the molecule is N=Cc1cccnc1O. The zero-order chi connectivity index (χ0) is 6.69. The molecule has 0 unspecified atom stereocenters. The predicted octanol–water partition coefficient (Wildman–Crippen LogP) is 0.785. The van der Waals surface area contributed by atoms with E-state index in [1.807, 2.05) is 0 Å². The van der Waals surface area contributed by atoms with Crippen LogP contribution in [-0.4, -0.2) is 16.3 Å². The number of aromatic nitrogens is 1. The van der Waals surface area contributed by atoms with Gasteiger partial charge in [0.05, 0.1) is 5.56 Å². The van der Waals surface area contributed by atoms with Crippen molar-refractivity contribution in [3.8, 4) is 5.88 Å². The van der Waals surface area contributed by atoms with Crippen molar-refractivity contribution < 1.29 is 5.11 Å². The molecule has 0 saturated heterocycles. The van der Waals surface area contributed by atoms with Gasteiger partial charge in [-0.3, -0.25) is 0 Å². The van der Waals surface area contributed by atoms with Crippen molar-refractivity contribution >= 4 is 6.21 Å². The van der Waals surface area contributed by atoms with Gasteiger partial charge in [0.15, 0.2) is 0 Å². The van der Waals surface area contributed by atoms with E-state index in [0.717, 1.165) is 6.21 Å². The number of nitrogens with zero attached hydrogens (tertiary/aromatic N) is 1. The molecule has 0 saturated carbocycles. The van der Waals surface area contributed by atoms with Gasteiger partial charge in [-0.1, -0.05) is 0 Å². The predicted molar refractivity (Wildman–Crippen MR) is 33.8 cm³/mol. The molecule has 2 N–H and O–H groups in total. The van der Waals surface area contributed by atoms with Gasteiger partial charge in [-0.2, -0.15) is 0 Å².